The molecule has 3 aromatic rings. The summed E-state index contributed by atoms with van der Waals surface area (Å²) in [4.78, 5) is 29.9. The van der Waals surface area contributed by atoms with Gasteiger partial charge in [-0.2, -0.15) is 0 Å². The molecule has 0 saturated heterocycles. The van der Waals surface area contributed by atoms with Crippen molar-refractivity contribution in [1.82, 2.24) is 5.32 Å². The number of anilines is 2. The Labute approximate surface area is 272 Å². The van der Waals surface area contributed by atoms with Crippen LogP contribution in [0.1, 0.15) is 82.0 Å². The van der Waals surface area contributed by atoms with Crippen LogP contribution in [0.25, 0.3) is 0 Å². The summed E-state index contributed by atoms with van der Waals surface area (Å²) < 4.78 is 12.0. The molecule has 1 saturated carbocycles. The molecule has 0 radical (unpaired) electrons. The van der Waals surface area contributed by atoms with Crippen molar-refractivity contribution in [1.29, 1.82) is 0 Å². The number of nitrogens with one attached hydrogen (secondary N) is 1. The first-order valence-electron chi connectivity index (χ1n) is 16.3. The summed E-state index contributed by atoms with van der Waals surface area (Å²) in [5.74, 6) is 2.06. The van der Waals surface area contributed by atoms with Crippen LogP contribution in [0, 0.1) is 5.92 Å². The molecule has 8 heteroatoms. The molecule has 0 aromatic heterocycles. The second-order valence-electron chi connectivity index (χ2n) is 12.5. The Morgan fingerprint density at radius 2 is 1.71 bits per heavy atom. The summed E-state index contributed by atoms with van der Waals surface area (Å²) in [6.07, 6.45) is 5.97. The fourth-order valence-electron chi connectivity index (χ4n) is 6.55. The zero-order chi connectivity index (χ0) is 32.1. The molecule has 2 amide bonds. The van der Waals surface area contributed by atoms with Gasteiger partial charge in [-0.05, 0) is 110 Å². The van der Waals surface area contributed by atoms with Gasteiger partial charge < -0.3 is 24.6 Å². The molecule has 1 unspecified atom stereocenters. The van der Waals surface area contributed by atoms with Crippen molar-refractivity contribution in [3.8, 4) is 11.5 Å². The summed E-state index contributed by atoms with van der Waals surface area (Å²) in [6, 6.07) is 20.0. The van der Waals surface area contributed by atoms with Gasteiger partial charge in [-0.15, -0.1) is 0 Å². The van der Waals surface area contributed by atoms with E-state index in [4.69, 9.17) is 21.1 Å². The normalized spacial score (nSPS) is 20.3. The van der Waals surface area contributed by atoms with E-state index < -0.39 is 0 Å². The summed E-state index contributed by atoms with van der Waals surface area (Å²) >= 11 is 6.28. The van der Waals surface area contributed by atoms with Crippen molar-refractivity contribution >= 4 is 34.8 Å². The molecular formula is C37H46ClN3O4. The molecule has 1 aliphatic heterocycles. The summed E-state index contributed by atoms with van der Waals surface area (Å²) in [6.45, 7) is 6.99. The highest BCUT2D eigenvalue weighted by molar-refractivity contribution is 6.30. The first kappa shape index (κ1) is 32.7. The van der Waals surface area contributed by atoms with E-state index >= 15 is 0 Å². The van der Waals surface area contributed by atoms with E-state index in [1.807, 2.05) is 55.1 Å². The maximum atomic E-state index is 13.9. The minimum absolute atomic E-state index is 0.0214. The van der Waals surface area contributed by atoms with Gasteiger partial charge in [0.1, 0.15) is 0 Å². The second kappa shape index (κ2) is 14.6. The van der Waals surface area contributed by atoms with Gasteiger partial charge in [-0.3, -0.25) is 9.59 Å². The third kappa shape index (κ3) is 7.58. The lowest BCUT2D eigenvalue weighted by atomic mass is 9.85. The van der Waals surface area contributed by atoms with Crippen molar-refractivity contribution in [2.75, 3.05) is 30.5 Å². The topological polar surface area (TPSA) is 71.1 Å². The molecule has 7 nitrogen and oxygen atoms in total. The van der Waals surface area contributed by atoms with Crippen molar-refractivity contribution in [2.24, 2.45) is 5.92 Å². The number of fused-ring (bicyclic) bond motifs is 1. The Balaban J connectivity index is 1.39. The molecule has 0 spiro atoms. The molecule has 1 fully saturated rings. The van der Waals surface area contributed by atoms with E-state index in [1.54, 1.807) is 7.11 Å². The molecule has 1 aliphatic carbocycles. The molecule has 45 heavy (non-hydrogen) atoms. The van der Waals surface area contributed by atoms with E-state index in [0.717, 1.165) is 66.7 Å². The number of halogens is 1. The molecule has 3 aromatic carbocycles. The van der Waals surface area contributed by atoms with Crippen molar-refractivity contribution in [2.45, 2.75) is 83.9 Å². The van der Waals surface area contributed by atoms with Gasteiger partial charge in [0.15, 0.2) is 11.5 Å². The van der Waals surface area contributed by atoms with Crippen LogP contribution in [0.3, 0.4) is 0 Å². The van der Waals surface area contributed by atoms with Gasteiger partial charge in [-0.1, -0.05) is 37.6 Å². The van der Waals surface area contributed by atoms with Gasteiger partial charge in [0.25, 0.3) is 0 Å². The van der Waals surface area contributed by atoms with E-state index in [2.05, 4.69) is 48.5 Å². The number of ether oxygens (including phenoxy) is 2. The maximum absolute atomic E-state index is 13.9. The zero-order valence-corrected chi connectivity index (χ0v) is 27.9. The fraction of sp³-hybridized carbons (Fsp3) is 0.459. The Bertz CT molecular complexity index is 1470. The third-order valence-electron chi connectivity index (χ3n) is 9.31. The summed E-state index contributed by atoms with van der Waals surface area (Å²) in [7, 11) is 3.76. The van der Waals surface area contributed by atoms with Gasteiger partial charge in [0, 0.05) is 42.5 Å². The molecule has 2 aliphatic rings. The Hall–Kier alpha value is -3.71. The fourth-order valence-corrected chi connectivity index (χ4v) is 6.68. The van der Waals surface area contributed by atoms with Crippen LogP contribution in [0.15, 0.2) is 60.7 Å². The highest BCUT2D eigenvalue weighted by Crippen LogP contribution is 2.44. The third-order valence-corrected chi connectivity index (χ3v) is 9.56. The number of methoxy groups -OCH3 is 1. The van der Waals surface area contributed by atoms with E-state index in [1.165, 1.54) is 0 Å². The van der Waals surface area contributed by atoms with Crippen LogP contribution in [-0.2, 0) is 16.0 Å². The number of carbonyl (C=O) groups excluding carboxylic acids is 2. The van der Waals surface area contributed by atoms with Crippen LogP contribution in [0.4, 0.5) is 11.4 Å². The average molecular weight is 632 g/mol. The number of nitrogens with zero attached hydrogens (tertiary/aromatic N) is 2. The number of amides is 2. The monoisotopic (exact) mass is 631 g/mol. The number of benzene rings is 3. The van der Waals surface area contributed by atoms with E-state index in [9.17, 15) is 9.59 Å². The molecule has 5 rings (SSSR count). The SMILES string of the molecule is CCC(=O)NC1CCC(CN(C)c2ccc(N3C(=O)Cc4cc(OC)c(O[C@H](C)CC)cc4C3c3ccc(Cl)cc3)cc2)CC1. The standard InChI is InChI=1S/C37H46ClN3O4/c1-6-24(3)45-34-22-32-27(20-33(34)44-5)21-36(43)41(37(32)26-10-12-28(38)13-11-26)31-18-16-30(17-19-31)40(4)23-25-8-14-29(15-9-25)39-35(42)7-2/h10-13,16-20,22,24-25,29,37H,6-9,14-15,21,23H2,1-5H3,(H,39,42)/t24-,25?,29?,37?/m1/s1. The Morgan fingerprint density at radius 1 is 1.02 bits per heavy atom. The van der Waals surface area contributed by atoms with Gasteiger partial charge >= 0.3 is 0 Å². The lowest BCUT2D eigenvalue weighted by molar-refractivity contribution is -0.121. The van der Waals surface area contributed by atoms with Gasteiger partial charge in [0.2, 0.25) is 11.8 Å². The zero-order valence-electron chi connectivity index (χ0n) is 27.1. The van der Waals surface area contributed by atoms with E-state index in [-0.39, 0.29) is 30.4 Å². The minimum Gasteiger partial charge on any atom is -0.493 e. The minimum atomic E-state index is -0.351. The van der Waals surface area contributed by atoms with Crippen molar-refractivity contribution in [3.05, 3.63) is 82.4 Å². The molecule has 240 valence electrons. The number of rotatable bonds is 11. The lowest BCUT2D eigenvalue weighted by Crippen LogP contribution is -2.41. The number of carbonyl (C=O) groups is 2. The van der Waals surface area contributed by atoms with Crippen LogP contribution in [0.5, 0.6) is 11.5 Å². The van der Waals surface area contributed by atoms with E-state index in [0.29, 0.717) is 34.9 Å². The van der Waals surface area contributed by atoms with Crippen LogP contribution in [0.2, 0.25) is 5.02 Å². The summed E-state index contributed by atoms with van der Waals surface area (Å²) in [5, 5.41) is 3.80. The average Bonchev–Trinajstić information content (AvgIpc) is 3.05. The summed E-state index contributed by atoms with van der Waals surface area (Å²) in [5.41, 5.74) is 4.88. The predicted molar refractivity (Wildman–Crippen MR) is 182 cm³/mol. The van der Waals surface area contributed by atoms with Crippen molar-refractivity contribution in [3.63, 3.8) is 0 Å². The van der Waals surface area contributed by atoms with Crippen LogP contribution in [-0.4, -0.2) is 44.7 Å². The van der Waals surface area contributed by atoms with Gasteiger partial charge in [0.05, 0.1) is 25.7 Å². The quantitative estimate of drug-likeness (QED) is 0.235. The Morgan fingerprint density at radius 3 is 2.33 bits per heavy atom. The maximum Gasteiger partial charge on any atom is 0.232 e. The molecule has 0 bridgehead atoms. The Kier molecular flexibility index (Phi) is 10.6. The van der Waals surface area contributed by atoms with Crippen LogP contribution < -0.4 is 24.6 Å². The highest BCUT2D eigenvalue weighted by atomic mass is 35.5. The van der Waals surface area contributed by atoms with Crippen LogP contribution >= 0.6 is 11.6 Å². The number of hydrogen-bond acceptors (Lipinski definition) is 5. The first-order chi connectivity index (χ1) is 21.7. The predicted octanol–water partition coefficient (Wildman–Crippen LogP) is 7.73. The number of hydrogen-bond donors (Lipinski definition) is 1. The van der Waals surface area contributed by atoms with Crippen molar-refractivity contribution < 1.29 is 19.1 Å². The smallest absolute Gasteiger partial charge is 0.232 e. The second-order valence-corrected chi connectivity index (χ2v) is 12.9. The van der Waals surface area contributed by atoms with Gasteiger partial charge in [-0.25, -0.2) is 0 Å². The molecule has 1 heterocycles. The lowest BCUT2D eigenvalue weighted by Gasteiger charge is -2.38. The molecular weight excluding hydrogens is 586 g/mol. The first-order valence-corrected chi connectivity index (χ1v) is 16.6. The largest absolute Gasteiger partial charge is 0.493 e. The molecule has 2 atom stereocenters. The highest BCUT2D eigenvalue weighted by Gasteiger charge is 2.36. The molecule has 1 N–H and O–H groups in total.